The molecule has 0 radical (unpaired) electrons. The number of hydrogen-bond acceptors (Lipinski definition) is 13. The van der Waals surface area contributed by atoms with Gasteiger partial charge in [-0.1, -0.05) is 342 Å². The Bertz CT molecular complexity index is 2020. The van der Waals surface area contributed by atoms with Crippen LogP contribution in [-0.2, 0) is 23.7 Å². The zero-order valence-corrected chi connectivity index (χ0v) is 62.3. The monoisotopic (exact) mass is 1380 g/mol. The van der Waals surface area contributed by atoms with Gasteiger partial charge in [0.1, 0.15) is 48.8 Å². The van der Waals surface area contributed by atoms with Crippen molar-refractivity contribution < 1.29 is 64.6 Å². The Morgan fingerprint density at radius 2 is 0.714 bits per heavy atom. The second-order valence-electron chi connectivity index (χ2n) is 28.2. The van der Waals surface area contributed by atoms with Gasteiger partial charge in [0, 0.05) is 6.42 Å². The first kappa shape index (κ1) is 91.0. The number of hydrogen-bond donors (Lipinski definition) is 9. The van der Waals surface area contributed by atoms with E-state index in [1.165, 1.54) is 231 Å². The maximum atomic E-state index is 13.4. The minimum atomic E-state index is -1.79. The molecule has 0 bridgehead atoms. The third-order valence-corrected chi connectivity index (χ3v) is 19.3. The summed E-state index contributed by atoms with van der Waals surface area (Å²) in [5.74, 6) is -0.245. The number of nitrogens with one attached hydrogen (secondary N) is 1. The molecule has 0 aromatic heterocycles. The van der Waals surface area contributed by atoms with Gasteiger partial charge in [-0.25, -0.2) is 0 Å². The van der Waals surface area contributed by atoms with Crippen LogP contribution in [-0.4, -0.2) is 140 Å². The number of aliphatic hydroxyl groups is 8. The van der Waals surface area contributed by atoms with Gasteiger partial charge in [-0.3, -0.25) is 4.79 Å². The highest BCUT2D eigenvalue weighted by molar-refractivity contribution is 5.76. The molecule has 2 aliphatic rings. The summed E-state index contributed by atoms with van der Waals surface area (Å²) < 4.78 is 22.9. The number of carbonyl (C=O) groups is 1. The summed E-state index contributed by atoms with van der Waals surface area (Å²) in [6, 6.07) is -0.935. The Morgan fingerprint density at radius 3 is 1.12 bits per heavy atom. The predicted molar refractivity (Wildman–Crippen MR) is 406 cm³/mol. The lowest BCUT2D eigenvalue weighted by Crippen LogP contribution is -2.65. The molecule has 568 valence electrons. The maximum absolute atomic E-state index is 13.4. The van der Waals surface area contributed by atoms with E-state index in [1.54, 1.807) is 6.08 Å². The summed E-state index contributed by atoms with van der Waals surface area (Å²) >= 11 is 0. The van der Waals surface area contributed by atoms with Gasteiger partial charge in [-0.2, -0.15) is 0 Å². The van der Waals surface area contributed by atoms with E-state index in [0.29, 0.717) is 12.8 Å². The van der Waals surface area contributed by atoms with Crippen LogP contribution in [0.1, 0.15) is 335 Å². The SMILES string of the molecule is CC/C=C\C/C=C\C/C=C\C/C=C\C/C=C\C/C=C\CCCCCCCCCCCCCCCCCCCCCCCCC(=O)NC(COC1OC(CO)C(OC2OC(CO)C(O)C(O)C2O)C(O)C1O)C(O)/C=C/CC/C=C/CCCCCCCCCCCCCCCCCCC. The minimum absolute atomic E-state index is 0.245. The van der Waals surface area contributed by atoms with E-state index in [0.717, 1.165) is 70.6 Å². The van der Waals surface area contributed by atoms with Crippen molar-refractivity contribution in [1.29, 1.82) is 0 Å². The van der Waals surface area contributed by atoms with Crippen LogP contribution in [0.25, 0.3) is 0 Å². The molecule has 1 amide bonds. The zero-order valence-electron chi connectivity index (χ0n) is 62.3. The number of rotatable bonds is 67. The Labute approximate surface area is 598 Å². The van der Waals surface area contributed by atoms with Crippen molar-refractivity contribution in [2.45, 2.75) is 408 Å². The summed E-state index contributed by atoms with van der Waals surface area (Å²) in [4.78, 5) is 13.4. The van der Waals surface area contributed by atoms with Gasteiger partial charge < -0.3 is 65.1 Å². The van der Waals surface area contributed by atoms with Gasteiger partial charge in [0.2, 0.25) is 5.91 Å². The fraction of sp³-hybridized carbons (Fsp3) is 0.798. The lowest BCUT2D eigenvalue weighted by Gasteiger charge is -2.46. The molecule has 2 heterocycles. The van der Waals surface area contributed by atoms with Crippen LogP contribution in [0.4, 0.5) is 0 Å². The number of aliphatic hydroxyl groups excluding tert-OH is 8. The van der Waals surface area contributed by atoms with E-state index < -0.39 is 86.8 Å². The van der Waals surface area contributed by atoms with Gasteiger partial charge in [0.15, 0.2) is 12.6 Å². The molecular weight excluding hydrogens is 1230 g/mol. The van der Waals surface area contributed by atoms with E-state index in [9.17, 15) is 45.6 Å². The average Bonchev–Trinajstić information content (AvgIpc) is 0.793. The normalized spacial score (nSPS) is 22.6. The first-order chi connectivity index (χ1) is 48.1. The molecule has 2 aliphatic heterocycles. The summed E-state index contributed by atoms with van der Waals surface area (Å²) in [6.45, 7) is 2.71. The fourth-order valence-electron chi connectivity index (χ4n) is 12.9. The van der Waals surface area contributed by atoms with Crippen molar-refractivity contribution >= 4 is 5.91 Å². The lowest BCUT2D eigenvalue weighted by molar-refractivity contribution is -0.359. The van der Waals surface area contributed by atoms with E-state index in [4.69, 9.17) is 18.9 Å². The predicted octanol–water partition coefficient (Wildman–Crippen LogP) is 18.5. The summed E-state index contributed by atoms with van der Waals surface area (Å²) in [6.07, 6.45) is 79.3. The van der Waals surface area contributed by atoms with Crippen molar-refractivity contribution in [3.8, 4) is 0 Å². The fourth-order valence-corrected chi connectivity index (χ4v) is 12.9. The van der Waals surface area contributed by atoms with Gasteiger partial charge in [0.25, 0.3) is 0 Å². The molecule has 2 saturated heterocycles. The van der Waals surface area contributed by atoms with Crippen LogP contribution in [0.2, 0.25) is 0 Å². The minimum Gasteiger partial charge on any atom is -0.394 e. The highest BCUT2D eigenvalue weighted by Crippen LogP contribution is 2.30. The molecule has 9 N–H and O–H groups in total. The summed E-state index contributed by atoms with van der Waals surface area (Å²) in [5, 5.41) is 87.6. The van der Waals surface area contributed by atoms with Crippen molar-refractivity contribution in [1.82, 2.24) is 5.32 Å². The molecule has 0 spiro atoms. The molecule has 2 rings (SSSR count). The standard InChI is InChI=1S/C84H149NO13/c1-3-5-7-9-11-13-15-17-19-21-23-25-27-28-29-30-31-32-33-34-35-36-37-38-39-40-41-42-43-44-46-48-50-52-54-56-58-60-62-64-66-68-76(89)85-72(71-95-83-81(94)79(92)82(75(70-87)97-83)98-84-80(93)78(91)77(90)74(69-86)96-84)73(88)67-65-63-61-59-57-55-53-51-49-47-45-26-24-22-20-18-16-14-12-10-8-6-4-2/h5,7,11,13,17,19,23,25,28-29,31-32,57,59,65,67,72-75,77-84,86-88,90-94H,3-4,6,8-10,12,14-16,18,20-22,24,26-27,30,33-56,58,60-64,66,68-71H2,1-2H3,(H,85,89)/b7-5-,13-11-,19-17-,25-23-,29-28-,32-31-,59-57+,67-65+. The van der Waals surface area contributed by atoms with E-state index in [2.05, 4.69) is 104 Å². The molecule has 0 saturated carbocycles. The second-order valence-corrected chi connectivity index (χ2v) is 28.2. The van der Waals surface area contributed by atoms with Crippen LogP contribution >= 0.6 is 0 Å². The summed E-state index contributed by atoms with van der Waals surface area (Å²) in [7, 11) is 0. The maximum Gasteiger partial charge on any atom is 0.220 e. The molecule has 14 nitrogen and oxygen atoms in total. The van der Waals surface area contributed by atoms with Crippen LogP contribution in [0.15, 0.2) is 97.2 Å². The smallest absolute Gasteiger partial charge is 0.220 e. The van der Waals surface area contributed by atoms with Gasteiger partial charge in [-0.15, -0.1) is 0 Å². The molecule has 14 heteroatoms. The Hall–Kier alpha value is -3.09. The summed E-state index contributed by atoms with van der Waals surface area (Å²) in [5.41, 5.74) is 0. The Morgan fingerprint density at radius 1 is 0.378 bits per heavy atom. The quantitative estimate of drug-likeness (QED) is 0.0204. The highest BCUT2D eigenvalue weighted by atomic mass is 16.7. The van der Waals surface area contributed by atoms with Crippen molar-refractivity contribution in [3.63, 3.8) is 0 Å². The van der Waals surface area contributed by atoms with E-state index in [-0.39, 0.29) is 18.9 Å². The van der Waals surface area contributed by atoms with E-state index >= 15 is 0 Å². The molecule has 12 unspecified atom stereocenters. The topological polar surface area (TPSA) is 228 Å². The van der Waals surface area contributed by atoms with E-state index in [1.807, 2.05) is 6.08 Å². The number of unbranched alkanes of at least 4 members (excludes halogenated alkanes) is 40. The number of carbonyl (C=O) groups excluding carboxylic acids is 1. The van der Waals surface area contributed by atoms with Crippen LogP contribution in [0.5, 0.6) is 0 Å². The first-order valence-electron chi connectivity index (χ1n) is 40.5. The number of ether oxygens (including phenoxy) is 4. The Kier molecular flexibility index (Phi) is 62.3. The molecule has 2 fully saturated rings. The largest absolute Gasteiger partial charge is 0.394 e. The van der Waals surface area contributed by atoms with Crippen molar-refractivity contribution in [2.24, 2.45) is 0 Å². The molecule has 12 atom stereocenters. The van der Waals surface area contributed by atoms with Crippen molar-refractivity contribution in [3.05, 3.63) is 97.2 Å². The second kappa shape index (κ2) is 67.1. The molecule has 0 aliphatic carbocycles. The molecular formula is C84H149NO13. The first-order valence-corrected chi connectivity index (χ1v) is 40.5. The molecule has 0 aromatic rings. The number of amides is 1. The number of allylic oxidation sites excluding steroid dienone is 15. The lowest BCUT2D eigenvalue weighted by atomic mass is 9.97. The van der Waals surface area contributed by atoms with Crippen LogP contribution < -0.4 is 5.32 Å². The van der Waals surface area contributed by atoms with Crippen molar-refractivity contribution in [2.75, 3.05) is 19.8 Å². The third-order valence-electron chi connectivity index (χ3n) is 19.3. The molecule has 98 heavy (non-hydrogen) atoms. The van der Waals surface area contributed by atoms with Crippen LogP contribution in [0, 0.1) is 0 Å². The average molecular weight is 1380 g/mol. The van der Waals surface area contributed by atoms with Gasteiger partial charge >= 0.3 is 0 Å². The third kappa shape index (κ3) is 49.5. The van der Waals surface area contributed by atoms with Gasteiger partial charge in [0.05, 0.1) is 32.0 Å². The van der Waals surface area contributed by atoms with Gasteiger partial charge in [-0.05, 0) is 83.5 Å². The highest BCUT2D eigenvalue weighted by Gasteiger charge is 2.51. The zero-order chi connectivity index (χ0) is 70.8. The Balaban J connectivity index is 1.58. The molecule has 0 aromatic carbocycles. The van der Waals surface area contributed by atoms with Crippen LogP contribution in [0.3, 0.4) is 0 Å².